The van der Waals surface area contributed by atoms with Gasteiger partial charge in [0, 0.05) is 40.9 Å². The number of nitrogens with zero attached hydrogens (tertiary/aromatic N) is 3. The van der Waals surface area contributed by atoms with E-state index in [0.29, 0.717) is 28.4 Å². The number of halogens is 1. The molecule has 0 unspecified atom stereocenters. The molecule has 43 heavy (non-hydrogen) atoms. The van der Waals surface area contributed by atoms with E-state index in [1.54, 1.807) is 30.2 Å². The van der Waals surface area contributed by atoms with Crippen LogP contribution in [0.4, 0.5) is 9.52 Å². The Morgan fingerprint density at radius 1 is 0.977 bits per heavy atom. The molecule has 2 aromatic carbocycles. The van der Waals surface area contributed by atoms with E-state index in [0.717, 1.165) is 64.6 Å². The third-order valence-electron chi connectivity index (χ3n) is 7.75. The summed E-state index contributed by atoms with van der Waals surface area (Å²) in [5.74, 6) is -1.95. The van der Waals surface area contributed by atoms with Crippen LogP contribution in [-0.2, 0) is 0 Å². The summed E-state index contributed by atoms with van der Waals surface area (Å²) in [5, 5.41) is 5.25. The minimum Gasteiger partial charge on any atom is -0.366 e. The highest BCUT2D eigenvalue weighted by molar-refractivity contribution is 7.13. The Hall–Kier alpha value is -3.63. The molecule has 1 heterocycles. The summed E-state index contributed by atoms with van der Waals surface area (Å²) in [6.45, 7) is 9.26. The van der Waals surface area contributed by atoms with E-state index < -0.39 is 11.7 Å². The number of aromatic nitrogens is 1. The zero-order chi connectivity index (χ0) is 30.9. The first-order valence-corrected chi connectivity index (χ1v) is 16.1. The van der Waals surface area contributed by atoms with Crippen molar-refractivity contribution in [2.24, 2.45) is 5.73 Å². The summed E-state index contributed by atoms with van der Waals surface area (Å²) in [5.41, 5.74) is 7.28. The van der Waals surface area contributed by atoms with Crippen LogP contribution < -0.4 is 16.0 Å². The highest BCUT2D eigenvalue weighted by Crippen LogP contribution is 2.33. The number of thiazole rings is 1. The number of amides is 3. The molecule has 1 fully saturated rings. The fraction of sp³-hybridized carbons (Fsp3) is 0.455. The number of hydrogen-bond acceptors (Lipinski definition) is 6. The number of hydrogen-bond donors (Lipinski definition) is 2. The van der Waals surface area contributed by atoms with Gasteiger partial charge in [-0.25, -0.2) is 9.37 Å². The van der Waals surface area contributed by atoms with Crippen LogP contribution in [0.25, 0.3) is 11.1 Å². The minimum atomic E-state index is -0.677. The van der Waals surface area contributed by atoms with Crippen molar-refractivity contribution in [3.8, 4) is 11.1 Å². The second-order valence-corrected chi connectivity index (χ2v) is 12.0. The molecule has 1 aliphatic rings. The van der Waals surface area contributed by atoms with Gasteiger partial charge in [-0.1, -0.05) is 32.8 Å². The highest BCUT2D eigenvalue weighted by Gasteiger charge is 2.27. The van der Waals surface area contributed by atoms with Gasteiger partial charge in [-0.3, -0.25) is 19.3 Å². The van der Waals surface area contributed by atoms with Crippen molar-refractivity contribution in [3.63, 3.8) is 0 Å². The Bertz CT molecular complexity index is 1420. The number of benzene rings is 2. The molecule has 3 amide bonds. The van der Waals surface area contributed by atoms with E-state index in [4.69, 9.17) is 5.73 Å². The van der Waals surface area contributed by atoms with Crippen molar-refractivity contribution in [3.05, 3.63) is 70.0 Å². The molecule has 3 aromatic rings. The van der Waals surface area contributed by atoms with Crippen molar-refractivity contribution in [2.45, 2.75) is 71.8 Å². The lowest BCUT2D eigenvalue weighted by molar-refractivity contribution is 0.0948. The van der Waals surface area contributed by atoms with Gasteiger partial charge >= 0.3 is 0 Å². The van der Waals surface area contributed by atoms with Crippen LogP contribution >= 0.6 is 11.3 Å². The van der Waals surface area contributed by atoms with Gasteiger partial charge in [0.25, 0.3) is 11.8 Å². The number of primary amides is 1. The SMILES string of the molecule is CCCCN(CCCC)CCCN(C(=O)c1cc(C(N)=O)ccc1-c1cc(C(=O)NC2CC2)cc(F)c1C)c1nccs1. The van der Waals surface area contributed by atoms with E-state index in [2.05, 4.69) is 29.0 Å². The third-order valence-corrected chi connectivity index (χ3v) is 8.55. The molecule has 0 saturated heterocycles. The average Bonchev–Trinajstić information content (AvgIpc) is 3.65. The molecule has 0 spiro atoms. The molecule has 3 N–H and O–H groups in total. The van der Waals surface area contributed by atoms with Gasteiger partial charge in [-0.2, -0.15) is 0 Å². The summed E-state index contributed by atoms with van der Waals surface area (Å²) in [4.78, 5) is 47.9. The topological polar surface area (TPSA) is 109 Å². The van der Waals surface area contributed by atoms with Gasteiger partial charge < -0.3 is 16.0 Å². The van der Waals surface area contributed by atoms with E-state index >= 15 is 4.39 Å². The summed E-state index contributed by atoms with van der Waals surface area (Å²) in [6.07, 6.45) is 8.67. The lowest BCUT2D eigenvalue weighted by Crippen LogP contribution is -2.35. The van der Waals surface area contributed by atoms with Gasteiger partial charge in [0.2, 0.25) is 5.91 Å². The van der Waals surface area contributed by atoms with E-state index in [1.807, 2.05) is 5.38 Å². The largest absolute Gasteiger partial charge is 0.366 e. The normalized spacial score (nSPS) is 12.9. The molecule has 0 atom stereocenters. The zero-order valence-corrected chi connectivity index (χ0v) is 26.1. The van der Waals surface area contributed by atoms with E-state index in [1.165, 1.54) is 29.5 Å². The van der Waals surface area contributed by atoms with Gasteiger partial charge in [0.05, 0.1) is 0 Å². The summed E-state index contributed by atoms with van der Waals surface area (Å²) < 4.78 is 15.2. The lowest BCUT2D eigenvalue weighted by Gasteiger charge is -2.25. The van der Waals surface area contributed by atoms with Gasteiger partial charge in [0.1, 0.15) is 5.82 Å². The standard InChI is InChI=1S/C33H42FN5O3S/c1-4-6-14-38(15-7-5-2)16-8-17-39(33-36-13-18-43-33)32(42)28-19-23(30(35)40)9-12-26(28)27-20-24(21-29(34)22(27)3)31(41)37-25-10-11-25/h9,12-13,18-21,25H,4-8,10-11,14-17H2,1-3H3,(H2,35,40)(H,37,41). The van der Waals surface area contributed by atoms with E-state index in [-0.39, 0.29) is 34.5 Å². The molecular formula is C33H42FN5O3S. The van der Waals surface area contributed by atoms with Crippen molar-refractivity contribution < 1.29 is 18.8 Å². The van der Waals surface area contributed by atoms with Crippen molar-refractivity contribution in [1.29, 1.82) is 0 Å². The van der Waals surface area contributed by atoms with E-state index in [9.17, 15) is 14.4 Å². The van der Waals surface area contributed by atoms with Crippen molar-refractivity contribution in [1.82, 2.24) is 15.2 Å². The van der Waals surface area contributed by atoms with Gasteiger partial charge in [-0.05, 0) is 99.6 Å². The molecule has 0 radical (unpaired) electrons. The maximum absolute atomic E-state index is 15.2. The number of unbranched alkanes of at least 4 members (excludes halogenated alkanes) is 2. The average molecular weight is 608 g/mol. The molecule has 1 aromatic heterocycles. The van der Waals surface area contributed by atoms with Gasteiger partial charge in [-0.15, -0.1) is 11.3 Å². The molecule has 1 saturated carbocycles. The molecule has 8 nitrogen and oxygen atoms in total. The maximum Gasteiger partial charge on any atom is 0.260 e. The number of anilines is 1. The summed E-state index contributed by atoms with van der Waals surface area (Å²) >= 11 is 1.35. The number of nitrogens with two attached hydrogens (primary N) is 1. The van der Waals surface area contributed by atoms with Gasteiger partial charge in [0.15, 0.2) is 5.13 Å². The van der Waals surface area contributed by atoms with Crippen LogP contribution in [0, 0.1) is 12.7 Å². The molecule has 10 heteroatoms. The van der Waals surface area contributed by atoms with Crippen LogP contribution in [0.3, 0.4) is 0 Å². The Balaban J connectivity index is 1.69. The minimum absolute atomic E-state index is 0.110. The monoisotopic (exact) mass is 607 g/mol. The van der Waals surface area contributed by atoms with Crippen LogP contribution in [0.2, 0.25) is 0 Å². The predicted molar refractivity (Wildman–Crippen MR) is 170 cm³/mol. The van der Waals surface area contributed by atoms with Crippen molar-refractivity contribution >= 4 is 34.2 Å². The number of carbonyl (C=O) groups is 3. The Morgan fingerprint density at radius 3 is 2.28 bits per heavy atom. The first-order valence-electron chi connectivity index (χ1n) is 15.2. The lowest BCUT2D eigenvalue weighted by atomic mass is 9.91. The Labute approximate surface area is 257 Å². The summed E-state index contributed by atoms with van der Waals surface area (Å²) in [7, 11) is 0. The molecule has 4 rings (SSSR count). The number of rotatable bonds is 16. The first-order chi connectivity index (χ1) is 20.7. The third kappa shape index (κ3) is 8.48. The number of nitrogens with one attached hydrogen (secondary N) is 1. The smallest absolute Gasteiger partial charge is 0.260 e. The first kappa shape index (κ1) is 32.3. The molecule has 1 aliphatic carbocycles. The molecule has 230 valence electrons. The van der Waals surface area contributed by atoms with Crippen LogP contribution in [0.15, 0.2) is 41.9 Å². The van der Waals surface area contributed by atoms with Crippen molar-refractivity contribution in [2.75, 3.05) is 31.1 Å². The second kappa shape index (κ2) is 15.2. The molecule has 0 aliphatic heterocycles. The fourth-order valence-corrected chi connectivity index (χ4v) is 5.69. The fourth-order valence-electron chi connectivity index (χ4n) is 5.03. The predicted octanol–water partition coefficient (Wildman–Crippen LogP) is 6.19. The second-order valence-electron chi connectivity index (χ2n) is 11.2. The molecule has 0 bridgehead atoms. The van der Waals surface area contributed by atoms with Crippen LogP contribution in [0.1, 0.15) is 95.4 Å². The van der Waals surface area contributed by atoms with Crippen LogP contribution in [0.5, 0.6) is 0 Å². The zero-order valence-electron chi connectivity index (χ0n) is 25.3. The molecular weight excluding hydrogens is 565 g/mol. The quantitative estimate of drug-likeness (QED) is 0.202. The highest BCUT2D eigenvalue weighted by atomic mass is 32.1. The maximum atomic E-state index is 15.2. The number of carbonyl (C=O) groups excluding carboxylic acids is 3. The Kier molecular flexibility index (Phi) is 11.4. The van der Waals surface area contributed by atoms with Crippen LogP contribution in [-0.4, -0.2) is 59.8 Å². The Morgan fingerprint density at radius 2 is 1.67 bits per heavy atom. The summed E-state index contributed by atoms with van der Waals surface area (Å²) in [6, 6.07) is 7.54.